The largest absolute Gasteiger partial charge is 0.387 e. The Kier molecular flexibility index (Phi) is 7.66. The zero-order valence-corrected chi connectivity index (χ0v) is 15.7. The molecule has 2 N–H and O–H groups in total. The van der Waals surface area contributed by atoms with Crippen LogP contribution < -0.4 is 4.90 Å². The summed E-state index contributed by atoms with van der Waals surface area (Å²) in [7, 11) is 0. The third-order valence-electron chi connectivity index (χ3n) is 4.69. The minimum Gasteiger partial charge on any atom is -0.387 e. The van der Waals surface area contributed by atoms with Crippen LogP contribution in [0.2, 0.25) is 0 Å². The summed E-state index contributed by atoms with van der Waals surface area (Å²) in [4.78, 5) is 1.42. The minimum absolute atomic E-state index is 0.200. The van der Waals surface area contributed by atoms with Gasteiger partial charge in [0.2, 0.25) is 0 Å². The number of rotatable bonds is 10. The molecule has 0 amide bonds. The second-order valence-electron chi connectivity index (χ2n) is 7.38. The van der Waals surface area contributed by atoms with Crippen molar-refractivity contribution in [3.05, 3.63) is 59.7 Å². The lowest BCUT2D eigenvalue weighted by atomic mass is 10.1. The van der Waals surface area contributed by atoms with Crippen LogP contribution in [0.5, 0.6) is 0 Å². The second kappa shape index (κ2) is 9.73. The highest BCUT2D eigenvalue weighted by Crippen LogP contribution is 2.09. The maximum Gasteiger partial charge on any atom is 0.123 e. The van der Waals surface area contributed by atoms with E-state index in [1.165, 1.54) is 22.7 Å². The van der Waals surface area contributed by atoms with Crippen LogP contribution in [-0.4, -0.2) is 28.9 Å². The van der Waals surface area contributed by atoms with Crippen molar-refractivity contribution in [3.63, 3.8) is 0 Å². The maximum atomic E-state index is 13.1. The van der Waals surface area contributed by atoms with Gasteiger partial charge in [-0.05, 0) is 48.6 Å². The van der Waals surface area contributed by atoms with Crippen molar-refractivity contribution in [2.24, 2.45) is 5.92 Å². The number of nitrogens with zero attached hydrogens (tertiary/aromatic N) is 1. The van der Waals surface area contributed by atoms with Gasteiger partial charge in [0.25, 0.3) is 0 Å². The van der Waals surface area contributed by atoms with Gasteiger partial charge in [0.05, 0.1) is 12.2 Å². The molecule has 0 fully saturated rings. The van der Waals surface area contributed by atoms with Gasteiger partial charge in [0.15, 0.2) is 0 Å². The van der Waals surface area contributed by atoms with E-state index in [-0.39, 0.29) is 11.9 Å². The van der Waals surface area contributed by atoms with Gasteiger partial charge < -0.3 is 14.6 Å². The first-order valence-corrected chi connectivity index (χ1v) is 9.38. The number of halogens is 1. The van der Waals surface area contributed by atoms with Crippen LogP contribution in [0, 0.1) is 11.7 Å². The van der Waals surface area contributed by atoms with E-state index in [1.807, 2.05) is 19.1 Å². The molecule has 0 saturated carbocycles. The molecule has 0 spiro atoms. The first-order valence-electron chi connectivity index (χ1n) is 9.38. The fourth-order valence-electron chi connectivity index (χ4n) is 3.04. The molecule has 0 aliphatic rings. The Morgan fingerprint density at radius 3 is 2.52 bits per heavy atom. The summed E-state index contributed by atoms with van der Waals surface area (Å²) in [6, 6.07) is 10.9. The molecule has 0 bridgehead atoms. The predicted molar refractivity (Wildman–Crippen MR) is 100 cm³/mol. The lowest BCUT2D eigenvalue weighted by Crippen LogP contribution is -3.12. The Balaban J connectivity index is 2.05. The molecule has 0 radical (unpaired) electrons. The van der Waals surface area contributed by atoms with Gasteiger partial charge in [-0.1, -0.05) is 32.9 Å². The Morgan fingerprint density at radius 1 is 1.16 bits per heavy atom. The summed E-state index contributed by atoms with van der Waals surface area (Å²) in [6.45, 7) is 10.0. The molecule has 1 unspecified atom stereocenters. The van der Waals surface area contributed by atoms with Crippen LogP contribution in [-0.2, 0) is 13.1 Å². The zero-order valence-electron chi connectivity index (χ0n) is 15.7. The van der Waals surface area contributed by atoms with Crippen LogP contribution in [0.4, 0.5) is 4.39 Å². The molecule has 4 heteroatoms. The summed E-state index contributed by atoms with van der Waals surface area (Å²) >= 11 is 0. The van der Waals surface area contributed by atoms with E-state index < -0.39 is 0 Å². The summed E-state index contributed by atoms with van der Waals surface area (Å²) < 4.78 is 15.3. The van der Waals surface area contributed by atoms with Crippen LogP contribution in [0.25, 0.3) is 0 Å². The lowest BCUT2D eigenvalue weighted by molar-refractivity contribution is -0.917. The maximum absolute atomic E-state index is 13.1. The van der Waals surface area contributed by atoms with Crippen molar-refractivity contribution >= 4 is 0 Å². The van der Waals surface area contributed by atoms with E-state index in [4.69, 9.17) is 0 Å². The van der Waals surface area contributed by atoms with E-state index in [2.05, 4.69) is 36.7 Å². The van der Waals surface area contributed by atoms with Crippen molar-refractivity contribution in [2.45, 2.75) is 52.8 Å². The highest BCUT2D eigenvalue weighted by molar-refractivity contribution is 5.18. The molecule has 0 saturated heterocycles. The van der Waals surface area contributed by atoms with E-state index in [0.29, 0.717) is 5.92 Å². The molecule has 2 aromatic rings. The first-order chi connectivity index (χ1) is 12.0. The van der Waals surface area contributed by atoms with Gasteiger partial charge in [-0.15, -0.1) is 0 Å². The summed E-state index contributed by atoms with van der Waals surface area (Å²) in [5.41, 5.74) is 2.35. The van der Waals surface area contributed by atoms with E-state index in [0.717, 1.165) is 44.6 Å². The number of aliphatic hydroxyl groups excluding tert-OH is 1. The molecule has 1 heterocycles. The van der Waals surface area contributed by atoms with Crippen molar-refractivity contribution in [2.75, 3.05) is 13.1 Å². The molecule has 0 aliphatic carbocycles. The molecule has 2 rings (SSSR count). The molecule has 1 aromatic carbocycles. The smallest absolute Gasteiger partial charge is 0.123 e. The predicted octanol–water partition coefficient (Wildman–Crippen LogP) is 2.88. The normalized spacial score (nSPS) is 14.0. The van der Waals surface area contributed by atoms with Gasteiger partial charge in [-0.3, -0.25) is 0 Å². The number of benzene rings is 1. The molecule has 1 aromatic heterocycles. The van der Waals surface area contributed by atoms with Crippen LogP contribution in [0.3, 0.4) is 0 Å². The number of aliphatic hydroxyl groups is 1. The third-order valence-corrected chi connectivity index (χ3v) is 4.69. The molecule has 3 nitrogen and oxygen atoms in total. The van der Waals surface area contributed by atoms with E-state index >= 15 is 0 Å². The SMILES string of the molecule is CC[C@H](O)C[NH+](CCC(C)C)Cc1cccn1Cc1ccc(F)cc1. The Bertz CT molecular complexity index is 621. The number of hydrogen-bond acceptors (Lipinski definition) is 1. The van der Waals surface area contributed by atoms with Crippen molar-refractivity contribution in [3.8, 4) is 0 Å². The summed E-state index contributed by atoms with van der Waals surface area (Å²) in [5, 5.41) is 10.1. The van der Waals surface area contributed by atoms with Crippen molar-refractivity contribution in [1.82, 2.24) is 4.57 Å². The number of aromatic nitrogens is 1. The Labute approximate surface area is 151 Å². The van der Waals surface area contributed by atoms with Gasteiger partial charge >= 0.3 is 0 Å². The standard InChI is InChI=1S/C21H31FN2O/c1-4-21(25)16-23(13-11-17(2)3)15-20-6-5-12-24(20)14-18-7-9-19(22)10-8-18/h5-10,12,17,21,25H,4,11,13-16H2,1-3H3/p+1/t21-/m0/s1. The quantitative estimate of drug-likeness (QED) is 0.680. The number of hydrogen-bond donors (Lipinski definition) is 2. The van der Waals surface area contributed by atoms with Gasteiger partial charge in [0.1, 0.15) is 25.0 Å². The van der Waals surface area contributed by atoms with Gasteiger partial charge in [-0.2, -0.15) is 0 Å². The van der Waals surface area contributed by atoms with Crippen molar-refractivity contribution < 1.29 is 14.4 Å². The fraction of sp³-hybridized carbons (Fsp3) is 0.524. The van der Waals surface area contributed by atoms with Crippen LogP contribution >= 0.6 is 0 Å². The average molecular weight is 347 g/mol. The molecule has 25 heavy (non-hydrogen) atoms. The lowest BCUT2D eigenvalue weighted by Gasteiger charge is -2.23. The minimum atomic E-state index is -0.248. The van der Waals surface area contributed by atoms with Crippen LogP contribution in [0.15, 0.2) is 42.6 Å². The molecule has 138 valence electrons. The van der Waals surface area contributed by atoms with Gasteiger partial charge in [-0.25, -0.2) is 4.39 Å². The highest BCUT2D eigenvalue weighted by atomic mass is 19.1. The Hall–Kier alpha value is -1.65. The number of quaternary nitrogens is 1. The number of nitrogens with one attached hydrogen (secondary N) is 1. The first kappa shape index (κ1) is 19.7. The topological polar surface area (TPSA) is 29.6 Å². The van der Waals surface area contributed by atoms with E-state index in [9.17, 15) is 9.50 Å². The monoisotopic (exact) mass is 347 g/mol. The highest BCUT2D eigenvalue weighted by Gasteiger charge is 2.17. The molecular weight excluding hydrogens is 315 g/mol. The molecule has 0 aliphatic heterocycles. The van der Waals surface area contributed by atoms with Gasteiger partial charge in [0, 0.05) is 12.7 Å². The zero-order chi connectivity index (χ0) is 18.2. The Morgan fingerprint density at radius 2 is 1.88 bits per heavy atom. The molecule has 2 atom stereocenters. The summed E-state index contributed by atoms with van der Waals surface area (Å²) in [6.07, 6.45) is 3.78. The second-order valence-corrected chi connectivity index (χ2v) is 7.38. The summed E-state index contributed by atoms with van der Waals surface area (Å²) in [5.74, 6) is 0.467. The van der Waals surface area contributed by atoms with Crippen molar-refractivity contribution in [1.29, 1.82) is 0 Å². The fourth-order valence-corrected chi connectivity index (χ4v) is 3.04. The van der Waals surface area contributed by atoms with E-state index in [1.54, 1.807) is 0 Å². The average Bonchev–Trinajstić information content (AvgIpc) is 3.01. The van der Waals surface area contributed by atoms with Crippen LogP contribution in [0.1, 0.15) is 44.9 Å². The molecular formula is C21H32FN2O+. The third kappa shape index (κ3) is 6.63.